The molecule has 1 aromatic heterocycles. The van der Waals surface area contributed by atoms with Gasteiger partial charge in [-0.3, -0.25) is 4.90 Å². The summed E-state index contributed by atoms with van der Waals surface area (Å²) >= 11 is 0. The van der Waals surface area contributed by atoms with Gasteiger partial charge in [0.2, 0.25) is 0 Å². The van der Waals surface area contributed by atoms with E-state index < -0.39 is 0 Å². The average Bonchev–Trinajstić information content (AvgIpc) is 3.06. The van der Waals surface area contributed by atoms with Gasteiger partial charge in [0.05, 0.1) is 13.4 Å². The van der Waals surface area contributed by atoms with Gasteiger partial charge in [0, 0.05) is 18.0 Å². The molecule has 2 heterocycles. The highest BCUT2D eigenvalue weighted by atomic mass is 16.5. The summed E-state index contributed by atoms with van der Waals surface area (Å²) in [6.07, 6.45) is 12.8. The van der Waals surface area contributed by atoms with Crippen molar-refractivity contribution in [1.29, 1.82) is 0 Å². The van der Waals surface area contributed by atoms with Crippen LogP contribution in [0.5, 0.6) is 5.75 Å². The number of methoxy groups -OCH3 is 1. The third-order valence-electron chi connectivity index (χ3n) is 5.55. The molecule has 0 saturated carbocycles. The molecule has 0 aliphatic carbocycles. The van der Waals surface area contributed by atoms with E-state index in [1.807, 2.05) is 18.4 Å². The maximum absolute atomic E-state index is 5.73. The van der Waals surface area contributed by atoms with Gasteiger partial charge in [-0.25, -0.2) is 0 Å². The molecule has 1 saturated heterocycles. The van der Waals surface area contributed by atoms with Crippen molar-refractivity contribution in [2.24, 2.45) is 5.92 Å². The van der Waals surface area contributed by atoms with E-state index in [4.69, 9.17) is 9.15 Å². The van der Waals surface area contributed by atoms with E-state index in [-0.39, 0.29) is 0 Å². The Morgan fingerprint density at radius 2 is 2.20 bits per heavy atom. The van der Waals surface area contributed by atoms with Gasteiger partial charge in [-0.15, -0.1) is 0 Å². The molecule has 0 amide bonds. The first-order valence-corrected chi connectivity index (χ1v) is 9.71. The van der Waals surface area contributed by atoms with Crippen LogP contribution in [-0.4, -0.2) is 31.1 Å². The van der Waals surface area contributed by atoms with E-state index in [0.717, 1.165) is 36.6 Å². The first-order chi connectivity index (χ1) is 12.3. The number of nitrogens with zero attached hydrogens (tertiary/aromatic N) is 1. The average molecular weight is 341 g/mol. The van der Waals surface area contributed by atoms with Crippen molar-refractivity contribution in [1.82, 2.24) is 4.90 Å². The summed E-state index contributed by atoms with van der Waals surface area (Å²) in [7, 11) is 1.71. The number of rotatable bonds is 7. The molecular weight excluding hydrogens is 310 g/mol. The van der Waals surface area contributed by atoms with Gasteiger partial charge < -0.3 is 9.15 Å². The van der Waals surface area contributed by atoms with Crippen LogP contribution < -0.4 is 4.74 Å². The van der Waals surface area contributed by atoms with Crippen LogP contribution in [0.25, 0.3) is 11.0 Å². The summed E-state index contributed by atoms with van der Waals surface area (Å²) < 4.78 is 11.1. The first kappa shape index (κ1) is 18.1. The van der Waals surface area contributed by atoms with E-state index in [1.54, 1.807) is 7.11 Å². The van der Waals surface area contributed by atoms with E-state index in [2.05, 4.69) is 37.0 Å². The number of ether oxygens (including phenoxy) is 1. The second-order valence-corrected chi connectivity index (χ2v) is 7.05. The van der Waals surface area contributed by atoms with Crippen LogP contribution in [-0.2, 0) is 6.42 Å². The second kappa shape index (κ2) is 8.57. The van der Waals surface area contributed by atoms with E-state index in [1.165, 1.54) is 36.8 Å². The van der Waals surface area contributed by atoms with Gasteiger partial charge in [0.1, 0.15) is 11.3 Å². The van der Waals surface area contributed by atoms with Gasteiger partial charge in [-0.2, -0.15) is 0 Å². The zero-order chi connectivity index (χ0) is 17.6. The third kappa shape index (κ3) is 4.09. The number of fused-ring (bicyclic) bond motifs is 1. The first-order valence-electron chi connectivity index (χ1n) is 9.71. The van der Waals surface area contributed by atoms with Crippen LogP contribution in [0.1, 0.15) is 45.1 Å². The molecule has 136 valence electrons. The van der Waals surface area contributed by atoms with Crippen LogP contribution in [0.3, 0.4) is 0 Å². The zero-order valence-electron chi connectivity index (χ0n) is 15.8. The Morgan fingerprint density at radius 3 is 2.96 bits per heavy atom. The van der Waals surface area contributed by atoms with Gasteiger partial charge in [-0.05, 0) is 61.9 Å². The highest BCUT2D eigenvalue weighted by Crippen LogP contribution is 2.29. The van der Waals surface area contributed by atoms with Gasteiger partial charge in [0.25, 0.3) is 0 Å². The van der Waals surface area contributed by atoms with Crippen molar-refractivity contribution < 1.29 is 9.15 Å². The molecule has 1 aliphatic heterocycles. The number of benzene rings is 1. The Labute approximate surface area is 151 Å². The molecule has 1 fully saturated rings. The lowest BCUT2D eigenvalue weighted by molar-refractivity contribution is 0.123. The van der Waals surface area contributed by atoms with Crippen molar-refractivity contribution in [2.45, 2.75) is 52.0 Å². The molecule has 0 spiro atoms. The van der Waals surface area contributed by atoms with E-state index in [0.29, 0.717) is 6.04 Å². The van der Waals surface area contributed by atoms with E-state index >= 15 is 0 Å². The molecule has 2 aromatic rings. The van der Waals surface area contributed by atoms with Crippen LogP contribution in [0, 0.1) is 5.92 Å². The molecule has 1 aromatic carbocycles. The van der Waals surface area contributed by atoms with Crippen molar-refractivity contribution in [2.75, 3.05) is 20.2 Å². The molecule has 1 aliphatic rings. The number of piperidine rings is 1. The normalized spacial score (nSPS) is 22.0. The van der Waals surface area contributed by atoms with Gasteiger partial charge in [0.15, 0.2) is 0 Å². The zero-order valence-corrected chi connectivity index (χ0v) is 15.8. The van der Waals surface area contributed by atoms with Crippen LogP contribution in [0.15, 0.2) is 41.0 Å². The third-order valence-corrected chi connectivity index (χ3v) is 5.55. The lowest BCUT2D eigenvalue weighted by Gasteiger charge is -2.39. The molecular formula is C22H31NO2. The van der Waals surface area contributed by atoms with Crippen LogP contribution in [0.4, 0.5) is 0 Å². The number of allylic oxidation sites excluding steroid dienone is 1. The molecule has 3 rings (SSSR count). The van der Waals surface area contributed by atoms with Gasteiger partial charge >= 0.3 is 0 Å². The second-order valence-electron chi connectivity index (χ2n) is 7.05. The SMILES string of the molecule is CC/C=C\C1C(CC)CCCN1CCc1coc2ccc(OC)cc12. The van der Waals surface area contributed by atoms with Crippen molar-refractivity contribution in [3.8, 4) is 5.75 Å². The Hall–Kier alpha value is -1.74. The van der Waals surface area contributed by atoms with Crippen LogP contribution >= 0.6 is 0 Å². The molecule has 2 atom stereocenters. The molecule has 3 nitrogen and oxygen atoms in total. The lowest BCUT2D eigenvalue weighted by Crippen LogP contribution is -2.44. The monoisotopic (exact) mass is 341 g/mol. The Morgan fingerprint density at radius 1 is 1.32 bits per heavy atom. The Bertz CT molecular complexity index is 703. The highest BCUT2D eigenvalue weighted by molar-refractivity contribution is 5.82. The minimum absolute atomic E-state index is 0.589. The maximum Gasteiger partial charge on any atom is 0.134 e. The molecule has 3 heteroatoms. The summed E-state index contributed by atoms with van der Waals surface area (Å²) in [5.41, 5.74) is 2.23. The van der Waals surface area contributed by atoms with E-state index in [9.17, 15) is 0 Å². The summed E-state index contributed by atoms with van der Waals surface area (Å²) in [5.74, 6) is 1.68. The van der Waals surface area contributed by atoms with Crippen molar-refractivity contribution in [3.63, 3.8) is 0 Å². The minimum atomic E-state index is 0.589. The summed E-state index contributed by atoms with van der Waals surface area (Å²) in [4.78, 5) is 2.67. The van der Waals surface area contributed by atoms with Gasteiger partial charge in [-0.1, -0.05) is 32.4 Å². The smallest absolute Gasteiger partial charge is 0.134 e. The standard InChI is InChI=1S/C22H31NO2/c1-4-6-9-21-17(5-2)8-7-13-23(21)14-12-18-16-25-22-11-10-19(24-3)15-20(18)22/h6,9-11,15-17,21H,4-5,7-8,12-14H2,1-3H3/b9-6-. The predicted octanol–water partition coefficient (Wildman–Crippen LogP) is 5.44. The molecule has 0 bridgehead atoms. The van der Waals surface area contributed by atoms with Crippen LogP contribution in [0.2, 0.25) is 0 Å². The highest BCUT2D eigenvalue weighted by Gasteiger charge is 2.28. The molecule has 2 unspecified atom stereocenters. The predicted molar refractivity (Wildman–Crippen MR) is 104 cm³/mol. The number of furan rings is 1. The maximum atomic E-state index is 5.73. The quantitative estimate of drug-likeness (QED) is 0.627. The summed E-state index contributed by atoms with van der Waals surface area (Å²) in [5, 5.41) is 1.18. The minimum Gasteiger partial charge on any atom is -0.497 e. The molecule has 0 radical (unpaired) electrons. The molecule has 0 N–H and O–H groups in total. The summed E-state index contributed by atoms with van der Waals surface area (Å²) in [6, 6.07) is 6.63. The largest absolute Gasteiger partial charge is 0.497 e. The fourth-order valence-electron chi connectivity index (χ4n) is 4.08. The van der Waals surface area contributed by atoms with Crippen molar-refractivity contribution in [3.05, 3.63) is 42.2 Å². The fraction of sp³-hybridized carbons (Fsp3) is 0.545. The number of likely N-dealkylation sites (tertiary alicyclic amines) is 1. The lowest BCUT2D eigenvalue weighted by atomic mass is 9.86. The Kier molecular flexibility index (Phi) is 6.19. The fourth-order valence-corrected chi connectivity index (χ4v) is 4.08. The summed E-state index contributed by atoms with van der Waals surface area (Å²) in [6.45, 7) is 6.84. The molecule has 25 heavy (non-hydrogen) atoms. The van der Waals surface area contributed by atoms with Crippen molar-refractivity contribution >= 4 is 11.0 Å². The number of hydrogen-bond donors (Lipinski definition) is 0. The Balaban J connectivity index is 1.73. The topological polar surface area (TPSA) is 25.6 Å². The number of hydrogen-bond acceptors (Lipinski definition) is 3.